The van der Waals surface area contributed by atoms with Crippen LogP contribution in [0.2, 0.25) is 5.28 Å². The zero-order valence-corrected chi connectivity index (χ0v) is 16.7. The summed E-state index contributed by atoms with van der Waals surface area (Å²) in [5.74, 6) is 0.659. The molecule has 0 spiro atoms. The molecule has 0 radical (unpaired) electrons. The van der Waals surface area contributed by atoms with Crippen LogP contribution >= 0.6 is 11.6 Å². The number of hydrogen-bond donors (Lipinski definition) is 0. The SMILES string of the molecule is COc1cccc(-c2nc(Cl)nc3c2ccn3S(=O)(=O)c2ccc(C)cc2)c1. The smallest absolute Gasteiger partial charge is 0.269 e. The normalized spacial score (nSPS) is 11.7. The first-order valence-corrected chi connectivity index (χ1v) is 10.2. The van der Waals surface area contributed by atoms with E-state index in [-0.39, 0.29) is 15.8 Å². The highest BCUT2D eigenvalue weighted by molar-refractivity contribution is 7.90. The summed E-state index contributed by atoms with van der Waals surface area (Å²) >= 11 is 6.13. The predicted octanol–water partition coefficient (Wildman–Crippen LogP) is 4.31. The quantitative estimate of drug-likeness (QED) is 0.466. The van der Waals surface area contributed by atoms with E-state index < -0.39 is 10.0 Å². The van der Waals surface area contributed by atoms with Crippen LogP contribution < -0.4 is 4.74 Å². The molecule has 0 saturated heterocycles. The molecule has 0 aliphatic carbocycles. The van der Waals surface area contributed by atoms with Crippen LogP contribution in [-0.4, -0.2) is 29.5 Å². The largest absolute Gasteiger partial charge is 0.497 e. The maximum Gasteiger partial charge on any atom is 0.269 e. The Hall–Kier alpha value is -2.90. The highest BCUT2D eigenvalue weighted by Gasteiger charge is 2.22. The Balaban J connectivity index is 1.94. The lowest BCUT2D eigenvalue weighted by molar-refractivity contribution is 0.415. The molecule has 2 heterocycles. The van der Waals surface area contributed by atoms with Gasteiger partial charge >= 0.3 is 0 Å². The van der Waals surface area contributed by atoms with Crippen molar-refractivity contribution >= 4 is 32.7 Å². The van der Waals surface area contributed by atoms with Gasteiger partial charge in [0.05, 0.1) is 17.7 Å². The summed E-state index contributed by atoms with van der Waals surface area (Å²) in [7, 11) is -2.25. The van der Waals surface area contributed by atoms with Crippen LogP contribution in [-0.2, 0) is 10.0 Å². The van der Waals surface area contributed by atoms with Gasteiger partial charge in [0.25, 0.3) is 10.0 Å². The van der Waals surface area contributed by atoms with Gasteiger partial charge in [0.15, 0.2) is 5.65 Å². The van der Waals surface area contributed by atoms with Gasteiger partial charge in [-0.3, -0.25) is 0 Å². The Labute approximate surface area is 167 Å². The molecule has 0 bridgehead atoms. The molecule has 4 rings (SSSR count). The summed E-state index contributed by atoms with van der Waals surface area (Å²) in [6, 6.07) is 15.6. The lowest BCUT2D eigenvalue weighted by Crippen LogP contribution is -2.12. The summed E-state index contributed by atoms with van der Waals surface area (Å²) in [6.45, 7) is 1.90. The van der Waals surface area contributed by atoms with E-state index in [1.54, 1.807) is 37.4 Å². The third kappa shape index (κ3) is 3.12. The second-order valence-corrected chi connectivity index (χ2v) is 8.39. The zero-order valence-electron chi connectivity index (χ0n) is 15.1. The lowest BCUT2D eigenvalue weighted by atomic mass is 10.1. The minimum absolute atomic E-state index is 0.0376. The van der Waals surface area contributed by atoms with E-state index in [1.165, 1.54) is 6.20 Å². The Morgan fingerprint density at radius 2 is 1.79 bits per heavy atom. The van der Waals surface area contributed by atoms with Gasteiger partial charge in [-0.1, -0.05) is 29.8 Å². The van der Waals surface area contributed by atoms with E-state index >= 15 is 0 Å². The number of benzene rings is 2. The van der Waals surface area contributed by atoms with E-state index in [1.807, 2.05) is 31.2 Å². The summed E-state index contributed by atoms with van der Waals surface area (Å²) in [4.78, 5) is 8.67. The van der Waals surface area contributed by atoms with Crippen molar-refractivity contribution in [2.45, 2.75) is 11.8 Å². The van der Waals surface area contributed by atoms with Crippen LogP contribution in [0.3, 0.4) is 0 Å². The van der Waals surface area contributed by atoms with Gasteiger partial charge in [-0.25, -0.2) is 17.4 Å². The minimum atomic E-state index is -3.82. The molecule has 142 valence electrons. The van der Waals surface area contributed by atoms with Crippen molar-refractivity contribution in [2.24, 2.45) is 0 Å². The average Bonchev–Trinajstić information content (AvgIpc) is 3.12. The number of nitrogens with zero attached hydrogens (tertiary/aromatic N) is 3. The van der Waals surface area contributed by atoms with Gasteiger partial charge in [0.1, 0.15) is 5.75 Å². The molecular formula is C20H16ClN3O3S. The summed E-state index contributed by atoms with van der Waals surface area (Å²) in [5, 5.41) is 0.540. The maximum atomic E-state index is 13.1. The van der Waals surface area contributed by atoms with Crippen LogP contribution in [0.4, 0.5) is 0 Å². The standard InChI is InChI=1S/C20H16ClN3O3S/c1-13-6-8-16(9-7-13)28(25,26)24-11-10-17-18(22-20(21)23-19(17)24)14-4-3-5-15(12-14)27-2/h3-12H,1-2H3. The number of methoxy groups -OCH3 is 1. The van der Waals surface area contributed by atoms with E-state index in [0.29, 0.717) is 16.8 Å². The predicted molar refractivity (Wildman–Crippen MR) is 108 cm³/mol. The van der Waals surface area contributed by atoms with Gasteiger partial charge in [-0.2, -0.15) is 4.98 Å². The van der Waals surface area contributed by atoms with Crippen LogP contribution in [0.25, 0.3) is 22.3 Å². The molecule has 0 atom stereocenters. The Morgan fingerprint density at radius 1 is 1.04 bits per heavy atom. The van der Waals surface area contributed by atoms with Crippen molar-refractivity contribution in [2.75, 3.05) is 7.11 Å². The molecule has 0 fully saturated rings. The van der Waals surface area contributed by atoms with Crippen LogP contribution in [0.1, 0.15) is 5.56 Å². The topological polar surface area (TPSA) is 74.1 Å². The second kappa shape index (κ2) is 6.92. The number of aryl methyl sites for hydroxylation is 1. The third-order valence-corrected chi connectivity index (χ3v) is 6.25. The third-order valence-electron chi connectivity index (χ3n) is 4.40. The highest BCUT2D eigenvalue weighted by atomic mass is 35.5. The van der Waals surface area contributed by atoms with Crippen LogP contribution in [0, 0.1) is 6.92 Å². The Morgan fingerprint density at radius 3 is 2.50 bits per heavy atom. The number of ether oxygens (including phenoxy) is 1. The summed E-state index contributed by atoms with van der Waals surface area (Å²) in [5.41, 5.74) is 2.48. The Bertz CT molecular complexity index is 1280. The molecule has 0 unspecified atom stereocenters. The molecule has 2 aromatic heterocycles. The number of hydrogen-bond acceptors (Lipinski definition) is 5. The van der Waals surface area contributed by atoms with Gasteiger partial charge < -0.3 is 4.74 Å². The fourth-order valence-electron chi connectivity index (χ4n) is 2.97. The molecule has 0 N–H and O–H groups in total. The highest BCUT2D eigenvalue weighted by Crippen LogP contribution is 2.31. The fraction of sp³-hybridized carbons (Fsp3) is 0.100. The molecule has 2 aromatic carbocycles. The number of fused-ring (bicyclic) bond motifs is 1. The van der Waals surface area contributed by atoms with Gasteiger partial charge in [0, 0.05) is 17.1 Å². The molecule has 0 saturated carbocycles. The zero-order chi connectivity index (χ0) is 19.9. The second-order valence-electron chi connectivity index (χ2n) is 6.24. The first kappa shape index (κ1) is 18.5. The van der Waals surface area contributed by atoms with Gasteiger partial charge in [0.2, 0.25) is 5.28 Å². The monoisotopic (exact) mass is 413 g/mol. The molecule has 0 aliphatic rings. The number of rotatable bonds is 4. The van der Waals surface area contributed by atoms with E-state index in [0.717, 1.165) is 15.1 Å². The molecule has 0 aliphatic heterocycles. The van der Waals surface area contributed by atoms with Gasteiger partial charge in [-0.15, -0.1) is 0 Å². The maximum absolute atomic E-state index is 13.1. The summed E-state index contributed by atoms with van der Waals surface area (Å²) in [6.07, 6.45) is 1.47. The first-order chi connectivity index (χ1) is 13.4. The lowest BCUT2D eigenvalue weighted by Gasteiger charge is -2.09. The molecule has 6 nitrogen and oxygen atoms in total. The van der Waals surface area contributed by atoms with Crippen molar-refractivity contribution in [3.8, 4) is 17.0 Å². The Kier molecular flexibility index (Phi) is 4.56. The first-order valence-electron chi connectivity index (χ1n) is 8.41. The van der Waals surface area contributed by atoms with Crippen molar-refractivity contribution in [1.29, 1.82) is 0 Å². The van der Waals surface area contributed by atoms with Gasteiger partial charge in [-0.05, 0) is 48.9 Å². The van der Waals surface area contributed by atoms with E-state index in [9.17, 15) is 8.42 Å². The van der Waals surface area contributed by atoms with Crippen molar-refractivity contribution < 1.29 is 13.2 Å². The average molecular weight is 414 g/mol. The van der Waals surface area contributed by atoms with Crippen molar-refractivity contribution in [3.05, 3.63) is 71.6 Å². The number of halogens is 1. The summed E-state index contributed by atoms with van der Waals surface area (Å²) < 4.78 is 32.6. The van der Waals surface area contributed by atoms with Crippen molar-refractivity contribution in [1.82, 2.24) is 13.9 Å². The molecule has 28 heavy (non-hydrogen) atoms. The molecule has 0 amide bonds. The minimum Gasteiger partial charge on any atom is -0.497 e. The molecular weight excluding hydrogens is 398 g/mol. The fourth-order valence-corrected chi connectivity index (χ4v) is 4.43. The van der Waals surface area contributed by atoms with E-state index in [2.05, 4.69) is 9.97 Å². The van der Waals surface area contributed by atoms with E-state index in [4.69, 9.17) is 16.3 Å². The molecule has 4 aromatic rings. The number of aromatic nitrogens is 3. The van der Waals surface area contributed by atoms with Crippen molar-refractivity contribution in [3.63, 3.8) is 0 Å². The van der Waals surface area contributed by atoms with Crippen LogP contribution in [0.15, 0.2) is 65.7 Å². The van der Waals surface area contributed by atoms with Crippen LogP contribution in [0.5, 0.6) is 5.75 Å². The molecule has 8 heteroatoms.